The van der Waals surface area contributed by atoms with Crippen molar-refractivity contribution in [2.24, 2.45) is 0 Å². The Kier molecular flexibility index (Phi) is 5.50. The summed E-state index contributed by atoms with van der Waals surface area (Å²) in [4.78, 5) is 2.91. The van der Waals surface area contributed by atoms with Crippen molar-refractivity contribution in [2.75, 3.05) is 6.54 Å². The quantitative estimate of drug-likeness (QED) is 0.777. The van der Waals surface area contributed by atoms with Crippen LogP contribution in [0.5, 0.6) is 0 Å². The van der Waals surface area contributed by atoms with Crippen LogP contribution in [0, 0.1) is 0 Å². The summed E-state index contributed by atoms with van der Waals surface area (Å²) >= 11 is 0. The highest BCUT2D eigenvalue weighted by Gasteiger charge is 2.40. The SMILES string of the molecule is CCCNC1CC2CCCC(C1)N2C(CC)CC. The second-order valence-corrected chi connectivity index (χ2v) is 6.28. The van der Waals surface area contributed by atoms with Gasteiger partial charge in [-0.1, -0.05) is 27.2 Å². The molecule has 0 spiro atoms. The van der Waals surface area contributed by atoms with Gasteiger partial charge in [-0.25, -0.2) is 0 Å². The number of fused-ring (bicyclic) bond motifs is 2. The Balaban J connectivity index is 1.98. The molecule has 0 saturated carbocycles. The van der Waals surface area contributed by atoms with E-state index in [1.807, 2.05) is 0 Å². The fourth-order valence-corrected chi connectivity index (χ4v) is 4.24. The summed E-state index contributed by atoms with van der Waals surface area (Å²) in [6.45, 7) is 8.21. The minimum Gasteiger partial charge on any atom is -0.314 e. The number of hydrogen-bond donors (Lipinski definition) is 1. The van der Waals surface area contributed by atoms with Crippen LogP contribution in [-0.2, 0) is 0 Å². The Bertz CT molecular complexity index is 223. The number of hydrogen-bond acceptors (Lipinski definition) is 2. The molecular formula is C16H32N2. The first-order chi connectivity index (χ1) is 8.80. The lowest BCUT2D eigenvalue weighted by molar-refractivity contribution is -0.0132. The average Bonchev–Trinajstić information content (AvgIpc) is 2.37. The zero-order chi connectivity index (χ0) is 13.0. The molecule has 2 saturated heterocycles. The summed E-state index contributed by atoms with van der Waals surface area (Å²) in [6, 6.07) is 3.38. The van der Waals surface area contributed by atoms with Crippen molar-refractivity contribution in [3.05, 3.63) is 0 Å². The third-order valence-electron chi connectivity index (χ3n) is 5.08. The lowest BCUT2D eigenvalue weighted by Gasteiger charge is -2.52. The Morgan fingerprint density at radius 3 is 2.17 bits per heavy atom. The first-order valence-electron chi connectivity index (χ1n) is 8.30. The van der Waals surface area contributed by atoms with Crippen molar-refractivity contribution in [1.29, 1.82) is 0 Å². The van der Waals surface area contributed by atoms with Crippen LogP contribution in [0.1, 0.15) is 72.1 Å². The van der Waals surface area contributed by atoms with E-state index < -0.39 is 0 Å². The van der Waals surface area contributed by atoms with Crippen molar-refractivity contribution < 1.29 is 0 Å². The fourth-order valence-electron chi connectivity index (χ4n) is 4.24. The van der Waals surface area contributed by atoms with Gasteiger partial charge in [0.05, 0.1) is 0 Å². The van der Waals surface area contributed by atoms with E-state index >= 15 is 0 Å². The van der Waals surface area contributed by atoms with Crippen LogP contribution in [0.3, 0.4) is 0 Å². The molecule has 0 aromatic heterocycles. The smallest absolute Gasteiger partial charge is 0.0116 e. The molecule has 2 heteroatoms. The lowest BCUT2D eigenvalue weighted by atomic mass is 9.80. The van der Waals surface area contributed by atoms with Gasteiger partial charge in [-0.2, -0.15) is 0 Å². The van der Waals surface area contributed by atoms with Crippen molar-refractivity contribution in [3.8, 4) is 0 Å². The topological polar surface area (TPSA) is 15.3 Å². The monoisotopic (exact) mass is 252 g/mol. The van der Waals surface area contributed by atoms with Crippen molar-refractivity contribution in [2.45, 2.75) is 96.3 Å². The molecule has 18 heavy (non-hydrogen) atoms. The van der Waals surface area contributed by atoms with Gasteiger partial charge in [-0.05, 0) is 51.5 Å². The summed E-state index contributed by atoms with van der Waals surface area (Å²) in [5, 5.41) is 3.77. The zero-order valence-corrected chi connectivity index (χ0v) is 12.6. The summed E-state index contributed by atoms with van der Waals surface area (Å²) in [7, 11) is 0. The maximum absolute atomic E-state index is 3.77. The van der Waals surface area contributed by atoms with Crippen molar-refractivity contribution >= 4 is 0 Å². The molecule has 2 fully saturated rings. The molecule has 2 bridgehead atoms. The molecule has 0 aromatic rings. The summed E-state index contributed by atoms with van der Waals surface area (Å²) < 4.78 is 0. The molecule has 0 aliphatic carbocycles. The van der Waals surface area contributed by atoms with Crippen molar-refractivity contribution in [3.63, 3.8) is 0 Å². The van der Waals surface area contributed by atoms with Gasteiger partial charge in [0.25, 0.3) is 0 Å². The molecule has 2 heterocycles. The van der Waals surface area contributed by atoms with Crippen LogP contribution in [0.25, 0.3) is 0 Å². The predicted octanol–water partition coefficient (Wildman–Crippen LogP) is 3.56. The van der Waals surface area contributed by atoms with Crippen LogP contribution in [0.4, 0.5) is 0 Å². The molecular weight excluding hydrogens is 220 g/mol. The lowest BCUT2D eigenvalue weighted by Crippen LogP contribution is -2.59. The molecule has 1 N–H and O–H groups in total. The van der Waals surface area contributed by atoms with Crippen LogP contribution in [0.15, 0.2) is 0 Å². The Labute approximate surface area is 114 Å². The molecule has 2 nitrogen and oxygen atoms in total. The molecule has 0 radical (unpaired) electrons. The zero-order valence-electron chi connectivity index (χ0n) is 12.6. The van der Waals surface area contributed by atoms with Crippen LogP contribution >= 0.6 is 0 Å². The van der Waals surface area contributed by atoms with Gasteiger partial charge in [0.2, 0.25) is 0 Å². The minimum atomic E-state index is 0.797. The third-order valence-corrected chi connectivity index (χ3v) is 5.08. The van der Waals surface area contributed by atoms with Gasteiger partial charge in [0.1, 0.15) is 0 Å². The second-order valence-electron chi connectivity index (χ2n) is 6.28. The van der Waals surface area contributed by atoms with E-state index in [9.17, 15) is 0 Å². The Morgan fingerprint density at radius 1 is 1.06 bits per heavy atom. The largest absolute Gasteiger partial charge is 0.314 e. The molecule has 0 aromatic carbocycles. The van der Waals surface area contributed by atoms with Gasteiger partial charge in [-0.15, -0.1) is 0 Å². The maximum Gasteiger partial charge on any atom is 0.0116 e. The highest BCUT2D eigenvalue weighted by atomic mass is 15.2. The van der Waals surface area contributed by atoms with E-state index in [-0.39, 0.29) is 0 Å². The molecule has 2 aliphatic heterocycles. The van der Waals surface area contributed by atoms with E-state index in [2.05, 4.69) is 31.0 Å². The Hall–Kier alpha value is -0.0800. The van der Waals surface area contributed by atoms with E-state index in [1.54, 1.807) is 0 Å². The molecule has 2 aliphatic rings. The molecule has 0 amide bonds. The van der Waals surface area contributed by atoms with Crippen LogP contribution in [0.2, 0.25) is 0 Å². The minimum absolute atomic E-state index is 0.797. The summed E-state index contributed by atoms with van der Waals surface area (Å²) in [6.07, 6.45) is 11.1. The normalized spacial score (nSPS) is 33.0. The first-order valence-corrected chi connectivity index (χ1v) is 8.30. The van der Waals surface area contributed by atoms with Crippen molar-refractivity contribution in [1.82, 2.24) is 10.2 Å². The second kappa shape index (κ2) is 6.91. The van der Waals surface area contributed by atoms with Crippen LogP contribution in [-0.4, -0.2) is 35.6 Å². The number of rotatable bonds is 6. The molecule has 2 unspecified atom stereocenters. The average molecular weight is 252 g/mol. The van der Waals surface area contributed by atoms with E-state index in [0.717, 1.165) is 24.2 Å². The summed E-state index contributed by atoms with van der Waals surface area (Å²) in [5.41, 5.74) is 0. The van der Waals surface area contributed by atoms with Gasteiger partial charge >= 0.3 is 0 Å². The molecule has 2 rings (SSSR count). The van der Waals surface area contributed by atoms with E-state index in [0.29, 0.717) is 0 Å². The van der Waals surface area contributed by atoms with Crippen LogP contribution < -0.4 is 5.32 Å². The number of nitrogens with zero attached hydrogens (tertiary/aromatic N) is 1. The highest BCUT2D eigenvalue weighted by molar-refractivity contribution is 4.97. The maximum atomic E-state index is 3.77. The Morgan fingerprint density at radius 2 is 1.67 bits per heavy atom. The van der Waals surface area contributed by atoms with E-state index in [4.69, 9.17) is 0 Å². The summed E-state index contributed by atoms with van der Waals surface area (Å²) in [5.74, 6) is 0. The molecule has 106 valence electrons. The van der Waals surface area contributed by atoms with Gasteiger partial charge in [-0.3, -0.25) is 4.90 Å². The van der Waals surface area contributed by atoms with Gasteiger partial charge < -0.3 is 5.32 Å². The van der Waals surface area contributed by atoms with E-state index in [1.165, 1.54) is 57.9 Å². The number of piperidine rings is 2. The highest BCUT2D eigenvalue weighted by Crippen LogP contribution is 2.36. The van der Waals surface area contributed by atoms with Gasteiger partial charge in [0.15, 0.2) is 0 Å². The number of nitrogens with one attached hydrogen (secondary N) is 1. The first kappa shape index (κ1) is 14.3. The third kappa shape index (κ3) is 3.08. The van der Waals surface area contributed by atoms with Gasteiger partial charge in [0, 0.05) is 24.2 Å². The molecule has 2 atom stereocenters. The fraction of sp³-hybridized carbons (Fsp3) is 1.00. The predicted molar refractivity (Wildman–Crippen MR) is 79.0 cm³/mol. The standard InChI is InChI=1S/C16H32N2/c1-4-10-17-13-11-15-8-7-9-16(12-13)18(15)14(5-2)6-3/h13-17H,4-12H2,1-3H3.